The maximum atomic E-state index is 12.5. The van der Waals surface area contributed by atoms with Crippen molar-refractivity contribution in [1.29, 1.82) is 0 Å². The molecule has 4 rings (SSSR count). The van der Waals surface area contributed by atoms with Crippen molar-refractivity contribution in [3.8, 4) is 23.2 Å². The van der Waals surface area contributed by atoms with Crippen LogP contribution in [0.15, 0.2) is 85.2 Å². The molecule has 1 N–H and O–H groups in total. The van der Waals surface area contributed by atoms with Gasteiger partial charge in [0.2, 0.25) is 5.88 Å². The molecule has 7 nitrogen and oxygen atoms in total. The van der Waals surface area contributed by atoms with Crippen molar-refractivity contribution in [3.05, 3.63) is 90.8 Å². The Hall–Kier alpha value is -4.34. The number of carbonyl (C=O) groups excluding carboxylic acids is 1. The molecule has 162 valence electrons. The molecule has 10 heteroatoms. The molecule has 4 aromatic rings. The SMILES string of the molecule is O=C(Nc1ccc(Oc2ccc(-n3cccc3)nn2)cc1)c1ccccc1OC(F)(F)F. The quantitative estimate of drug-likeness (QED) is 0.445. The second-order valence-electron chi connectivity index (χ2n) is 6.44. The first-order valence-electron chi connectivity index (χ1n) is 9.28. The molecule has 2 aromatic carbocycles. The highest BCUT2D eigenvalue weighted by atomic mass is 19.4. The standard InChI is InChI=1S/C22H15F3N4O3/c23-22(24,25)32-18-6-2-1-5-17(18)21(30)26-15-7-9-16(10-8-15)31-20-12-11-19(27-28-20)29-13-3-4-14-29/h1-14H,(H,26,30). The van der Waals surface area contributed by atoms with Crippen molar-refractivity contribution in [2.24, 2.45) is 0 Å². The molecular formula is C22H15F3N4O3. The maximum absolute atomic E-state index is 12.5. The van der Waals surface area contributed by atoms with Gasteiger partial charge in [-0.3, -0.25) is 4.79 Å². The average Bonchev–Trinajstić information content (AvgIpc) is 3.30. The third kappa shape index (κ3) is 5.22. The van der Waals surface area contributed by atoms with Gasteiger partial charge in [0.15, 0.2) is 5.82 Å². The number of benzene rings is 2. The van der Waals surface area contributed by atoms with E-state index >= 15 is 0 Å². The van der Waals surface area contributed by atoms with Gasteiger partial charge in [-0.15, -0.1) is 23.4 Å². The predicted molar refractivity (Wildman–Crippen MR) is 109 cm³/mol. The van der Waals surface area contributed by atoms with E-state index in [1.807, 2.05) is 24.5 Å². The Morgan fingerprint density at radius 2 is 1.59 bits per heavy atom. The predicted octanol–water partition coefficient (Wildman–Crippen LogP) is 5.21. The summed E-state index contributed by atoms with van der Waals surface area (Å²) >= 11 is 0. The van der Waals surface area contributed by atoms with Gasteiger partial charge in [-0.2, -0.15) is 0 Å². The number of nitrogens with one attached hydrogen (secondary N) is 1. The van der Waals surface area contributed by atoms with Gasteiger partial charge in [-0.25, -0.2) is 0 Å². The molecule has 0 saturated carbocycles. The van der Waals surface area contributed by atoms with Gasteiger partial charge in [-0.05, 0) is 54.6 Å². The molecule has 0 spiro atoms. The minimum absolute atomic E-state index is 0.247. The number of alkyl halides is 3. The minimum Gasteiger partial charge on any atom is -0.438 e. The number of nitrogens with zero attached hydrogens (tertiary/aromatic N) is 3. The lowest BCUT2D eigenvalue weighted by Crippen LogP contribution is -2.20. The fourth-order valence-electron chi connectivity index (χ4n) is 2.79. The highest BCUT2D eigenvalue weighted by Gasteiger charge is 2.32. The van der Waals surface area contributed by atoms with Crippen molar-refractivity contribution >= 4 is 11.6 Å². The van der Waals surface area contributed by atoms with Gasteiger partial charge in [0.05, 0.1) is 5.56 Å². The van der Waals surface area contributed by atoms with E-state index in [1.54, 1.807) is 41.0 Å². The van der Waals surface area contributed by atoms with E-state index in [-0.39, 0.29) is 11.4 Å². The lowest BCUT2D eigenvalue weighted by atomic mass is 10.2. The number of aromatic nitrogens is 3. The second kappa shape index (κ2) is 8.80. The number of hydrogen-bond donors (Lipinski definition) is 1. The van der Waals surface area contributed by atoms with E-state index in [9.17, 15) is 18.0 Å². The molecule has 0 saturated heterocycles. The molecular weight excluding hydrogens is 425 g/mol. The number of hydrogen-bond acceptors (Lipinski definition) is 5. The van der Waals surface area contributed by atoms with Crippen LogP contribution in [-0.4, -0.2) is 27.0 Å². The molecule has 0 unspecified atom stereocenters. The number of ether oxygens (including phenoxy) is 2. The van der Waals surface area contributed by atoms with Crippen molar-refractivity contribution in [3.63, 3.8) is 0 Å². The Balaban J connectivity index is 1.41. The van der Waals surface area contributed by atoms with Crippen LogP contribution in [0.25, 0.3) is 5.82 Å². The van der Waals surface area contributed by atoms with Crippen LogP contribution >= 0.6 is 0 Å². The molecule has 0 aliphatic heterocycles. The summed E-state index contributed by atoms with van der Waals surface area (Å²) in [5.41, 5.74) is 0.112. The number of halogens is 3. The molecule has 0 fully saturated rings. The van der Waals surface area contributed by atoms with E-state index < -0.39 is 18.0 Å². The molecule has 2 heterocycles. The molecule has 1 amide bonds. The summed E-state index contributed by atoms with van der Waals surface area (Å²) in [5.74, 6) is 0.0160. The fraction of sp³-hybridized carbons (Fsp3) is 0.0455. The molecule has 0 bridgehead atoms. The van der Waals surface area contributed by atoms with Gasteiger partial charge in [0.25, 0.3) is 5.91 Å². The summed E-state index contributed by atoms with van der Waals surface area (Å²) in [7, 11) is 0. The van der Waals surface area contributed by atoms with E-state index in [4.69, 9.17) is 4.74 Å². The monoisotopic (exact) mass is 440 g/mol. The van der Waals surface area contributed by atoms with Crippen molar-refractivity contribution in [2.75, 3.05) is 5.32 Å². The number of rotatable bonds is 6. The van der Waals surface area contributed by atoms with Crippen LogP contribution < -0.4 is 14.8 Å². The Morgan fingerprint density at radius 3 is 2.25 bits per heavy atom. The summed E-state index contributed by atoms with van der Waals surface area (Å²) in [4.78, 5) is 12.4. The Morgan fingerprint density at radius 1 is 0.875 bits per heavy atom. The second-order valence-corrected chi connectivity index (χ2v) is 6.44. The highest BCUT2D eigenvalue weighted by molar-refractivity contribution is 6.06. The lowest BCUT2D eigenvalue weighted by molar-refractivity contribution is -0.274. The Labute approximate surface area is 180 Å². The third-order valence-electron chi connectivity index (χ3n) is 4.19. The molecule has 2 aromatic heterocycles. The molecule has 32 heavy (non-hydrogen) atoms. The third-order valence-corrected chi connectivity index (χ3v) is 4.19. The van der Waals surface area contributed by atoms with Crippen molar-refractivity contribution < 1.29 is 27.4 Å². The number of anilines is 1. The first-order chi connectivity index (χ1) is 15.4. The zero-order valence-electron chi connectivity index (χ0n) is 16.3. The molecule has 0 aliphatic rings. The number of carbonyl (C=O) groups is 1. The van der Waals surface area contributed by atoms with Crippen LogP contribution in [0.3, 0.4) is 0 Å². The molecule has 0 radical (unpaired) electrons. The van der Waals surface area contributed by atoms with Gasteiger partial charge in [0.1, 0.15) is 11.5 Å². The van der Waals surface area contributed by atoms with Gasteiger partial charge >= 0.3 is 6.36 Å². The summed E-state index contributed by atoms with van der Waals surface area (Å²) < 4.78 is 49.0. The van der Waals surface area contributed by atoms with E-state index in [0.29, 0.717) is 17.3 Å². The largest absolute Gasteiger partial charge is 0.573 e. The zero-order chi connectivity index (χ0) is 22.6. The van der Waals surface area contributed by atoms with Gasteiger partial charge in [-0.1, -0.05) is 12.1 Å². The Bertz CT molecular complexity index is 1190. The highest BCUT2D eigenvalue weighted by Crippen LogP contribution is 2.27. The van der Waals surface area contributed by atoms with Crippen LogP contribution in [0.1, 0.15) is 10.4 Å². The number of amides is 1. The summed E-state index contributed by atoms with van der Waals surface area (Å²) in [5, 5.41) is 10.6. The molecule has 0 aliphatic carbocycles. The average molecular weight is 440 g/mol. The number of para-hydroxylation sites is 1. The van der Waals surface area contributed by atoms with Crippen LogP contribution in [-0.2, 0) is 0 Å². The minimum atomic E-state index is -4.90. The first-order valence-corrected chi connectivity index (χ1v) is 9.28. The fourth-order valence-corrected chi connectivity index (χ4v) is 2.79. The van der Waals surface area contributed by atoms with E-state index in [2.05, 4.69) is 20.3 Å². The zero-order valence-corrected chi connectivity index (χ0v) is 16.3. The smallest absolute Gasteiger partial charge is 0.438 e. The maximum Gasteiger partial charge on any atom is 0.573 e. The first kappa shape index (κ1) is 20.9. The summed E-state index contributed by atoms with van der Waals surface area (Å²) in [6.45, 7) is 0. The van der Waals surface area contributed by atoms with Gasteiger partial charge in [0, 0.05) is 24.1 Å². The summed E-state index contributed by atoms with van der Waals surface area (Å²) in [6.07, 6.45) is -1.23. The normalized spacial score (nSPS) is 11.1. The van der Waals surface area contributed by atoms with Crippen LogP contribution in [0.2, 0.25) is 0 Å². The summed E-state index contributed by atoms with van der Waals surface area (Å²) in [6, 6.07) is 18.5. The molecule has 0 atom stereocenters. The van der Waals surface area contributed by atoms with Crippen molar-refractivity contribution in [2.45, 2.75) is 6.36 Å². The van der Waals surface area contributed by atoms with E-state index in [0.717, 1.165) is 6.07 Å². The van der Waals surface area contributed by atoms with E-state index in [1.165, 1.54) is 18.2 Å². The van der Waals surface area contributed by atoms with Crippen LogP contribution in [0, 0.1) is 0 Å². The van der Waals surface area contributed by atoms with Crippen LogP contribution in [0.5, 0.6) is 17.4 Å². The van der Waals surface area contributed by atoms with Crippen LogP contribution in [0.4, 0.5) is 18.9 Å². The Kier molecular flexibility index (Phi) is 5.75. The lowest BCUT2D eigenvalue weighted by Gasteiger charge is -2.13. The van der Waals surface area contributed by atoms with Gasteiger partial charge < -0.3 is 19.4 Å². The topological polar surface area (TPSA) is 78.3 Å². The van der Waals surface area contributed by atoms with Crippen molar-refractivity contribution in [1.82, 2.24) is 14.8 Å².